The molecule has 1 aliphatic heterocycles. The predicted octanol–water partition coefficient (Wildman–Crippen LogP) is 1.90. The van der Waals surface area contributed by atoms with Gasteiger partial charge in [0.2, 0.25) is 0 Å². The van der Waals surface area contributed by atoms with Crippen molar-refractivity contribution in [3.8, 4) is 17.1 Å². The van der Waals surface area contributed by atoms with Crippen LogP contribution in [-0.4, -0.2) is 23.2 Å². The Morgan fingerprint density at radius 3 is 3.10 bits per heavy atom. The first-order valence-electron chi connectivity index (χ1n) is 6.99. The lowest BCUT2D eigenvalue weighted by Gasteiger charge is -2.19. The molecule has 6 nitrogen and oxygen atoms in total. The molecule has 0 fully saturated rings. The minimum atomic E-state index is 0.494. The molecule has 0 radical (unpaired) electrons. The van der Waals surface area contributed by atoms with E-state index in [0.717, 1.165) is 29.0 Å². The standard InChI is InChI=1S/C15H18N4O2/c1-2-21-11-5-3-4-10(8-11)14-17-13-6-7-20-9-12(13)15(18-14)19-16/h3-5,8H,2,6-7,9,16H2,1H3,(H,17,18,19). The van der Waals surface area contributed by atoms with Gasteiger partial charge in [0, 0.05) is 17.5 Å². The Balaban J connectivity index is 2.04. The van der Waals surface area contributed by atoms with E-state index in [4.69, 9.17) is 15.3 Å². The molecule has 1 aromatic heterocycles. The van der Waals surface area contributed by atoms with Crippen LogP contribution >= 0.6 is 0 Å². The quantitative estimate of drug-likeness (QED) is 0.660. The van der Waals surface area contributed by atoms with Gasteiger partial charge in [-0.2, -0.15) is 0 Å². The maximum atomic E-state index is 5.58. The van der Waals surface area contributed by atoms with Crippen LogP contribution in [0.2, 0.25) is 0 Å². The fourth-order valence-corrected chi connectivity index (χ4v) is 2.37. The predicted molar refractivity (Wildman–Crippen MR) is 79.8 cm³/mol. The van der Waals surface area contributed by atoms with E-state index in [2.05, 4.69) is 15.4 Å². The van der Waals surface area contributed by atoms with Crippen LogP contribution in [0.3, 0.4) is 0 Å². The number of hydrazine groups is 1. The topological polar surface area (TPSA) is 82.3 Å². The monoisotopic (exact) mass is 286 g/mol. The Hall–Kier alpha value is -2.18. The Morgan fingerprint density at radius 2 is 2.29 bits per heavy atom. The minimum absolute atomic E-state index is 0.494. The number of hydrogen-bond donors (Lipinski definition) is 2. The van der Waals surface area contributed by atoms with Crippen molar-refractivity contribution in [3.63, 3.8) is 0 Å². The molecule has 0 saturated heterocycles. The molecule has 1 aromatic carbocycles. The molecule has 3 rings (SSSR count). The number of nitrogen functional groups attached to an aromatic ring is 1. The first-order chi connectivity index (χ1) is 10.3. The number of benzene rings is 1. The average molecular weight is 286 g/mol. The third kappa shape index (κ3) is 2.81. The lowest BCUT2D eigenvalue weighted by Crippen LogP contribution is -2.19. The molecule has 0 amide bonds. The van der Waals surface area contributed by atoms with Crippen LogP contribution in [0.15, 0.2) is 24.3 Å². The fourth-order valence-electron chi connectivity index (χ4n) is 2.37. The molecule has 110 valence electrons. The number of nitrogens with two attached hydrogens (primary N) is 1. The number of aromatic nitrogens is 2. The summed E-state index contributed by atoms with van der Waals surface area (Å²) in [6.07, 6.45) is 0.769. The maximum absolute atomic E-state index is 5.58. The van der Waals surface area contributed by atoms with Crippen LogP contribution in [0.25, 0.3) is 11.4 Å². The second-order valence-corrected chi connectivity index (χ2v) is 4.73. The number of ether oxygens (including phenoxy) is 2. The SMILES string of the molecule is CCOc1cccc(-c2nc3c(c(NN)n2)COCC3)c1. The smallest absolute Gasteiger partial charge is 0.161 e. The summed E-state index contributed by atoms with van der Waals surface area (Å²) >= 11 is 0. The van der Waals surface area contributed by atoms with E-state index in [1.165, 1.54) is 0 Å². The maximum Gasteiger partial charge on any atom is 0.161 e. The van der Waals surface area contributed by atoms with Crippen molar-refractivity contribution in [2.75, 3.05) is 18.6 Å². The van der Waals surface area contributed by atoms with Crippen LogP contribution in [0.4, 0.5) is 5.82 Å². The summed E-state index contributed by atoms with van der Waals surface area (Å²) in [5, 5.41) is 0. The number of anilines is 1. The van der Waals surface area contributed by atoms with Crippen LogP contribution in [0.5, 0.6) is 5.75 Å². The molecule has 1 aliphatic rings. The average Bonchev–Trinajstić information content (AvgIpc) is 2.54. The van der Waals surface area contributed by atoms with Gasteiger partial charge in [0.05, 0.1) is 25.5 Å². The number of nitrogens with one attached hydrogen (secondary N) is 1. The zero-order valence-corrected chi connectivity index (χ0v) is 11.9. The van der Waals surface area contributed by atoms with E-state index in [-0.39, 0.29) is 0 Å². The summed E-state index contributed by atoms with van der Waals surface area (Å²) in [7, 11) is 0. The molecule has 0 bridgehead atoms. The molecule has 0 unspecified atom stereocenters. The minimum Gasteiger partial charge on any atom is -0.494 e. The van der Waals surface area contributed by atoms with Gasteiger partial charge in [0.15, 0.2) is 5.82 Å². The van der Waals surface area contributed by atoms with E-state index in [9.17, 15) is 0 Å². The number of nitrogens with zero attached hydrogens (tertiary/aromatic N) is 2. The van der Waals surface area contributed by atoms with Crippen molar-refractivity contribution >= 4 is 5.82 Å². The summed E-state index contributed by atoms with van der Waals surface area (Å²) in [6, 6.07) is 7.75. The van der Waals surface area contributed by atoms with Crippen LogP contribution in [0.1, 0.15) is 18.2 Å². The Morgan fingerprint density at radius 1 is 1.38 bits per heavy atom. The highest BCUT2D eigenvalue weighted by Crippen LogP contribution is 2.27. The summed E-state index contributed by atoms with van der Waals surface area (Å²) in [6.45, 7) is 3.75. The van der Waals surface area contributed by atoms with Crippen LogP contribution in [-0.2, 0) is 17.8 Å². The first-order valence-corrected chi connectivity index (χ1v) is 6.99. The zero-order chi connectivity index (χ0) is 14.7. The largest absolute Gasteiger partial charge is 0.494 e. The van der Waals surface area contributed by atoms with Gasteiger partial charge in [-0.25, -0.2) is 15.8 Å². The number of hydrogen-bond acceptors (Lipinski definition) is 6. The van der Waals surface area contributed by atoms with E-state index < -0.39 is 0 Å². The lowest BCUT2D eigenvalue weighted by atomic mass is 10.1. The molecule has 2 heterocycles. The first kappa shape index (κ1) is 13.8. The summed E-state index contributed by atoms with van der Waals surface area (Å²) < 4.78 is 11.0. The molecular formula is C15H18N4O2. The van der Waals surface area contributed by atoms with E-state index in [1.54, 1.807) is 0 Å². The van der Waals surface area contributed by atoms with Crippen LogP contribution < -0.4 is 16.0 Å². The van der Waals surface area contributed by atoms with Crippen molar-refractivity contribution in [1.82, 2.24) is 9.97 Å². The van der Waals surface area contributed by atoms with Crippen molar-refractivity contribution in [3.05, 3.63) is 35.5 Å². The highest BCUT2D eigenvalue weighted by Gasteiger charge is 2.18. The molecule has 3 N–H and O–H groups in total. The zero-order valence-electron chi connectivity index (χ0n) is 11.9. The van der Waals surface area contributed by atoms with Gasteiger partial charge in [0.1, 0.15) is 11.6 Å². The second kappa shape index (κ2) is 6.07. The van der Waals surface area contributed by atoms with E-state index in [0.29, 0.717) is 31.5 Å². The van der Waals surface area contributed by atoms with Crippen molar-refractivity contribution in [1.29, 1.82) is 0 Å². The third-order valence-electron chi connectivity index (χ3n) is 3.36. The molecule has 21 heavy (non-hydrogen) atoms. The number of rotatable bonds is 4. The Bertz CT molecular complexity index is 628. The van der Waals surface area contributed by atoms with Gasteiger partial charge < -0.3 is 14.9 Å². The molecule has 6 heteroatoms. The van der Waals surface area contributed by atoms with E-state index in [1.807, 2.05) is 31.2 Å². The van der Waals surface area contributed by atoms with Gasteiger partial charge >= 0.3 is 0 Å². The van der Waals surface area contributed by atoms with Crippen molar-refractivity contribution in [2.45, 2.75) is 20.0 Å². The van der Waals surface area contributed by atoms with Crippen LogP contribution in [0, 0.1) is 0 Å². The van der Waals surface area contributed by atoms with Crippen molar-refractivity contribution in [2.24, 2.45) is 5.84 Å². The van der Waals surface area contributed by atoms with Gasteiger partial charge in [-0.05, 0) is 19.1 Å². The fraction of sp³-hybridized carbons (Fsp3) is 0.333. The Labute approximate surface area is 123 Å². The Kier molecular flexibility index (Phi) is 3.98. The third-order valence-corrected chi connectivity index (χ3v) is 3.36. The van der Waals surface area contributed by atoms with Gasteiger partial charge in [-0.1, -0.05) is 12.1 Å². The molecule has 2 aromatic rings. The highest BCUT2D eigenvalue weighted by molar-refractivity contribution is 5.61. The molecule has 0 atom stereocenters. The normalized spacial score (nSPS) is 13.6. The summed E-state index contributed by atoms with van der Waals surface area (Å²) in [5.41, 5.74) is 5.48. The lowest BCUT2D eigenvalue weighted by molar-refractivity contribution is 0.109. The molecule has 0 saturated carbocycles. The number of fused-ring (bicyclic) bond motifs is 1. The highest BCUT2D eigenvalue weighted by atomic mass is 16.5. The summed E-state index contributed by atoms with van der Waals surface area (Å²) in [4.78, 5) is 9.14. The molecule has 0 aliphatic carbocycles. The second-order valence-electron chi connectivity index (χ2n) is 4.73. The van der Waals surface area contributed by atoms with Gasteiger partial charge in [-0.3, -0.25) is 0 Å². The van der Waals surface area contributed by atoms with Gasteiger partial charge in [-0.15, -0.1) is 0 Å². The summed E-state index contributed by atoms with van der Waals surface area (Å²) in [5.74, 6) is 7.65. The van der Waals surface area contributed by atoms with Crippen molar-refractivity contribution < 1.29 is 9.47 Å². The molecule has 0 spiro atoms. The van der Waals surface area contributed by atoms with E-state index >= 15 is 0 Å². The van der Waals surface area contributed by atoms with Gasteiger partial charge in [0.25, 0.3) is 0 Å². The molecular weight excluding hydrogens is 268 g/mol.